The van der Waals surface area contributed by atoms with Crippen LogP contribution in [0.5, 0.6) is 0 Å². The summed E-state index contributed by atoms with van der Waals surface area (Å²) < 4.78 is 4.86. The summed E-state index contributed by atoms with van der Waals surface area (Å²) >= 11 is 0. The smallest absolute Gasteiger partial charge is 0.276 e. The highest BCUT2D eigenvalue weighted by Gasteiger charge is 2.10. The maximum Gasteiger partial charge on any atom is 0.276 e. The van der Waals surface area contributed by atoms with Gasteiger partial charge in [-0.15, -0.1) is 0 Å². The third-order valence-electron chi connectivity index (χ3n) is 2.02. The van der Waals surface area contributed by atoms with Gasteiger partial charge in [-0.2, -0.15) is 0 Å². The van der Waals surface area contributed by atoms with Crippen LogP contribution in [0.15, 0.2) is 28.9 Å². The molecule has 17 heavy (non-hydrogen) atoms. The monoisotopic (exact) mass is 233 g/mol. The standard InChI is InChI=1S/C10H11N5O2/c1-6-4-9(17-15-6)13-10(16)8-5-7(14-11)2-3-12-8/h2-5H,11H2,1H3,(H,12,14)(H,13,16). The summed E-state index contributed by atoms with van der Waals surface area (Å²) in [5.41, 5.74) is 3.95. The lowest BCUT2D eigenvalue weighted by Crippen LogP contribution is -2.14. The summed E-state index contributed by atoms with van der Waals surface area (Å²) in [6, 6.07) is 4.79. The van der Waals surface area contributed by atoms with Crippen LogP contribution in [0, 0.1) is 6.92 Å². The van der Waals surface area contributed by atoms with Gasteiger partial charge in [0.05, 0.1) is 11.4 Å². The Morgan fingerprint density at radius 2 is 2.29 bits per heavy atom. The number of amides is 1. The number of nitrogens with zero attached hydrogens (tertiary/aromatic N) is 2. The lowest BCUT2D eigenvalue weighted by Gasteiger charge is -2.02. The Labute approximate surface area is 97.0 Å². The van der Waals surface area contributed by atoms with Crippen LogP contribution in [0.3, 0.4) is 0 Å². The Balaban J connectivity index is 2.14. The fourth-order valence-corrected chi connectivity index (χ4v) is 1.24. The normalized spacial score (nSPS) is 10.0. The van der Waals surface area contributed by atoms with Gasteiger partial charge in [0.25, 0.3) is 5.91 Å². The van der Waals surface area contributed by atoms with Crippen LogP contribution in [-0.4, -0.2) is 16.0 Å². The van der Waals surface area contributed by atoms with Crippen LogP contribution < -0.4 is 16.6 Å². The van der Waals surface area contributed by atoms with Crippen LogP contribution in [-0.2, 0) is 0 Å². The second-order valence-electron chi connectivity index (χ2n) is 3.36. The molecule has 0 saturated carbocycles. The molecule has 2 aromatic rings. The molecule has 4 N–H and O–H groups in total. The average molecular weight is 233 g/mol. The summed E-state index contributed by atoms with van der Waals surface area (Å²) in [7, 11) is 0. The van der Waals surface area contributed by atoms with Crippen LogP contribution >= 0.6 is 0 Å². The third kappa shape index (κ3) is 2.58. The van der Waals surface area contributed by atoms with E-state index >= 15 is 0 Å². The van der Waals surface area contributed by atoms with Crippen molar-refractivity contribution in [3.05, 3.63) is 35.8 Å². The molecule has 7 heteroatoms. The molecule has 0 atom stereocenters. The number of hydrogen-bond donors (Lipinski definition) is 3. The van der Waals surface area contributed by atoms with Gasteiger partial charge < -0.3 is 9.95 Å². The maximum absolute atomic E-state index is 11.8. The first-order valence-electron chi connectivity index (χ1n) is 4.86. The molecule has 0 spiro atoms. The minimum atomic E-state index is -0.391. The van der Waals surface area contributed by atoms with Gasteiger partial charge >= 0.3 is 0 Å². The van der Waals surface area contributed by atoms with E-state index in [1.807, 2.05) is 0 Å². The fraction of sp³-hybridized carbons (Fsp3) is 0.100. The number of anilines is 2. The van der Waals surface area contributed by atoms with Gasteiger partial charge in [0.2, 0.25) is 5.88 Å². The van der Waals surface area contributed by atoms with Gasteiger partial charge in [-0.3, -0.25) is 20.9 Å². The van der Waals surface area contributed by atoms with E-state index in [-0.39, 0.29) is 11.6 Å². The molecule has 0 unspecified atom stereocenters. The van der Waals surface area contributed by atoms with Crippen molar-refractivity contribution in [2.45, 2.75) is 6.92 Å². The quantitative estimate of drug-likeness (QED) is 0.537. The first-order chi connectivity index (χ1) is 8.19. The zero-order chi connectivity index (χ0) is 12.3. The molecule has 0 aliphatic heterocycles. The molecule has 2 rings (SSSR count). The number of nitrogen functional groups attached to an aromatic ring is 1. The van der Waals surface area contributed by atoms with Gasteiger partial charge in [-0.05, 0) is 19.1 Å². The molecule has 0 bridgehead atoms. The number of carbonyl (C=O) groups excluding carboxylic acids is 1. The fourth-order valence-electron chi connectivity index (χ4n) is 1.24. The number of hydrazine groups is 1. The van der Waals surface area contributed by atoms with Gasteiger partial charge in [-0.1, -0.05) is 5.16 Å². The average Bonchev–Trinajstić information content (AvgIpc) is 2.75. The van der Waals surface area contributed by atoms with Crippen molar-refractivity contribution in [1.29, 1.82) is 0 Å². The number of pyridine rings is 1. The topological polar surface area (TPSA) is 106 Å². The highest BCUT2D eigenvalue weighted by molar-refractivity contribution is 6.02. The van der Waals surface area contributed by atoms with Crippen molar-refractivity contribution in [2.75, 3.05) is 10.7 Å². The van der Waals surface area contributed by atoms with E-state index in [0.29, 0.717) is 11.4 Å². The third-order valence-corrected chi connectivity index (χ3v) is 2.02. The largest absolute Gasteiger partial charge is 0.338 e. The molecule has 0 fully saturated rings. The molecule has 88 valence electrons. The highest BCUT2D eigenvalue weighted by atomic mass is 16.5. The molecule has 0 aromatic carbocycles. The number of hydrogen-bond acceptors (Lipinski definition) is 6. The van der Waals surface area contributed by atoms with E-state index in [2.05, 4.69) is 20.9 Å². The summed E-state index contributed by atoms with van der Waals surface area (Å²) in [6.07, 6.45) is 1.48. The van der Waals surface area contributed by atoms with Crippen LogP contribution in [0.4, 0.5) is 11.6 Å². The van der Waals surface area contributed by atoms with Crippen molar-refractivity contribution >= 4 is 17.5 Å². The van der Waals surface area contributed by atoms with Crippen LogP contribution in [0.25, 0.3) is 0 Å². The Bertz CT molecular complexity index is 537. The lowest BCUT2D eigenvalue weighted by atomic mass is 10.3. The molecule has 2 aromatic heterocycles. The van der Waals surface area contributed by atoms with E-state index in [1.54, 1.807) is 19.1 Å². The van der Waals surface area contributed by atoms with E-state index in [9.17, 15) is 4.79 Å². The Hall–Kier alpha value is -2.41. The van der Waals surface area contributed by atoms with Gasteiger partial charge in [0.1, 0.15) is 5.69 Å². The lowest BCUT2D eigenvalue weighted by molar-refractivity contribution is 0.101. The number of nitrogens with two attached hydrogens (primary N) is 1. The number of aryl methyl sites for hydroxylation is 1. The predicted octanol–water partition coefficient (Wildman–Crippen LogP) is 0.916. The van der Waals surface area contributed by atoms with Crippen molar-refractivity contribution in [2.24, 2.45) is 5.84 Å². The first kappa shape index (κ1) is 11.1. The second-order valence-corrected chi connectivity index (χ2v) is 3.36. The number of rotatable bonds is 3. The highest BCUT2D eigenvalue weighted by Crippen LogP contribution is 2.11. The molecule has 1 amide bonds. The predicted molar refractivity (Wildman–Crippen MR) is 61.2 cm³/mol. The number of carbonyl (C=O) groups is 1. The second kappa shape index (κ2) is 4.62. The van der Waals surface area contributed by atoms with Crippen molar-refractivity contribution in [3.8, 4) is 0 Å². The summed E-state index contributed by atoms with van der Waals surface area (Å²) in [5, 5.41) is 6.19. The number of nitrogens with one attached hydrogen (secondary N) is 2. The Morgan fingerprint density at radius 3 is 2.94 bits per heavy atom. The molecule has 0 radical (unpaired) electrons. The minimum absolute atomic E-state index is 0.231. The summed E-state index contributed by atoms with van der Waals surface area (Å²) in [6.45, 7) is 1.76. The number of aromatic nitrogens is 2. The zero-order valence-electron chi connectivity index (χ0n) is 9.10. The first-order valence-corrected chi connectivity index (χ1v) is 4.86. The molecule has 0 aliphatic rings. The van der Waals surface area contributed by atoms with Crippen molar-refractivity contribution in [3.63, 3.8) is 0 Å². The molecular formula is C10H11N5O2. The molecule has 2 heterocycles. The van der Waals surface area contributed by atoms with E-state index in [1.165, 1.54) is 12.3 Å². The van der Waals surface area contributed by atoms with E-state index in [0.717, 1.165) is 0 Å². The molecule has 0 saturated heterocycles. The molecular weight excluding hydrogens is 222 g/mol. The van der Waals surface area contributed by atoms with Crippen LogP contribution in [0.1, 0.15) is 16.2 Å². The minimum Gasteiger partial charge on any atom is -0.338 e. The van der Waals surface area contributed by atoms with Crippen molar-refractivity contribution < 1.29 is 9.32 Å². The van der Waals surface area contributed by atoms with Crippen molar-refractivity contribution in [1.82, 2.24) is 10.1 Å². The maximum atomic E-state index is 11.8. The van der Waals surface area contributed by atoms with E-state index < -0.39 is 5.91 Å². The Morgan fingerprint density at radius 1 is 1.47 bits per heavy atom. The molecule has 7 nitrogen and oxygen atoms in total. The van der Waals surface area contributed by atoms with Gasteiger partial charge in [-0.25, -0.2) is 0 Å². The van der Waals surface area contributed by atoms with Gasteiger partial charge in [0, 0.05) is 12.3 Å². The molecule has 0 aliphatic carbocycles. The summed E-state index contributed by atoms with van der Waals surface area (Å²) in [4.78, 5) is 15.7. The van der Waals surface area contributed by atoms with E-state index in [4.69, 9.17) is 10.4 Å². The summed E-state index contributed by atoms with van der Waals surface area (Å²) in [5.74, 6) is 5.12. The van der Waals surface area contributed by atoms with Gasteiger partial charge in [0.15, 0.2) is 0 Å². The van der Waals surface area contributed by atoms with Crippen LogP contribution in [0.2, 0.25) is 0 Å². The Kier molecular flexibility index (Phi) is 3.01. The zero-order valence-corrected chi connectivity index (χ0v) is 9.10. The SMILES string of the molecule is Cc1cc(NC(=O)c2cc(NN)ccn2)on1.